The molecule has 0 aliphatic carbocycles. The Kier molecular flexibility index (Phi) is 68.2. The lowest BCUT2D eigenvalue weighted by Gasteiger charge is -2.18. The van der Waals surface area contributed by atoms with E-state index in [2.05, 4.69) is 106 Å². The van der Waals surface area contributed by atoms with Gasteiger partial charge in [0.2, 0.25) is 0 Å². The van der Waals surface area contributed by atoms with E-state index in [1.807, 2.05) is 0 Å². The van der Waals surface area contributed by atoms with Crippen molar-refractivity contribution in [3.8, 4) is 0 Å². The van der Waals surface area contributed by atoms with E-state index in [1.165, 1.54) is 238 Å². The molecule has 6 nitrogen and oxygen atoms in total. The summed E-state index contributed by atoms with van der Waals surface area (Å²) in [5.74, 6) is -0.931. The van der Waals surface area contributed by atoms with Crippen molar-refractivity contribution in [3.05, 3.63) is 85.1 Å². The molecule has 83 heavy (non-hydrogen) atoms. The first-order valence-electron chi connectivity index (χ1n) is 36.1. The second kappa shape index (κ2) is 71.1. The highest BCUT2D eigenvalue weighted by molar-refractivity contribution is 5.71. The molecule has 0 aliphatic rings. The van der Waals surface area contributed by atoms with Crippen LogP contribution in [0.3, 0.4) is 0 Å². The maximum Gasteiger partial charge on any atom is 0.306 e. The van der Waals surface area contributed by atoms with Gasteiger partial charge in [0.25, 0.3) is 0 Å². The van der Waals surface area contributed by atoms with Crippen LogP contribution in [0.1, 0.15) is 367 Å². The van der Waals surface area contributed by atoms with Crippen molar-refractivity contribution in [3.63, 3.8) is 0 Å². The lowest BCUT2D eigenvalue weighted by Crippen LogP contribution is -2.30. The zero-order valence-corrected chi connectivity index (χ0v) is 55.2. The third-order valence-electron chi connectivity index (χ3n) is 15.9. The van der Waals surface area contributed by atoms with Gasteiger partial charge in [-0.1, -0.05) is 343 Å². The molecule has 1 atom stereocenters. The molecular weight excluding hydrogens is 1020 g/mol. The number of esters is 3. The molecule has 0 radical (unpaired) electrons. The van der Waals surface area contributed by atoms with Gasteiger partial charge in [-0.2, -0.15) is 0 Å². The van der Waals surface area contributed by atoms with Gasteiger partial charge in [-0.25, -0.2) is 0 Å². The van der Waals surface area contributed by atoms with E-state index >= 15 is 0 Å². The number of allylic oxidation sites excluding steroid dienone is 14. The molecule has 0 bridgehead atoms. The van der Waals surface area contributed by atoms with Crippen LogP contribution in [0.4, 0.5) is 0 Å². The molecule has 480 valence electrons. The SMILES string of the molecule is CC/C=C\C/C=C\C/C=C\C/C=C\C/C=C\CCCC(=O)OCC(COC(=O)CCCCCCCCCCCCCCC/C=C\C/C=C\CCCCCCC)OC(=O)CCCCCCCCCCCCCCCCCCCCCCCCC. The van der Waals surface area contributed by atoms with E-state index in [-0.39, 0.29) is 37.5 Å². The summed E-state index contributed by atoms with van der Waals surface area (Å²) in [6.45, 7) is 6.53. The molecule has 0 heterocycles. The highest BCUT2D eigenvalue weighted by Gasteiger charge is 2.19. The third-order valence-corrected chi connectivity index (χ3v) is 15.9. The summed E-state index contributed by atoms with van der Waals surface area (Å²) in [5, 5.41) is 0. The smallest absolute Gasteiger partial charge is 0.306 e. The summed E-state index contributed by atoms with van der Waals surface area (Å²) in [6.07, 6.45) is 94.8. The Bertz CT molecular complexity index is 1570. The van der Waals surface area contributed by atoms with Crippen LogP contribution >= 0.6 is 0 Å². The normalized spacial score (nSPS) is 12.6. The molecule has 0 rings (SSSR count). The molecule has 0 saturated heterocycles. The number of ether oxygens (including phenoxy) is 3. The van der Waals surface area contributed by atoms with Crippen LogP contribution in [0, 0.1) is 0 Å². The third kappa shape index (κ3) is 69.3. The summed E-state index contributed by atoms with van der Waals surface area (Å²) in [6, 6.07) is 0. The van der Waals surface area contributed by atoms with Gasteiger partial charge in [-0.15, -0.1) is 0 Å². The molecule has 0 spiro atoms. The molecule has 0 fully saturated rings. The molecular formula is C77H136O6. The number of carbonyl (C=O) groups is 3. The summed E-state index contributed by atoms with van der Waals surface area (Å²) in [7, 11) is 0. The van der Waals surface area contributed by atoms with E-state index in [0.29, 0.717) is 19.3 Å². The Labute approximate surface area is 515 Å². The fourth-order valence-corrected chi connectivity index (χ4v) is 10.5. The summed E-state index contributed by atoms with van der Waals surface area (Å²) in [4.78, 5) is 38.5. The highest BCUT2D eigenvalue weighted by atomic mass is 16.6. The average Bonchev–Trinajstić information content (AvgIpc) is 3.49. The quantitative estimate of drug-likeness (QED) is 0.0261. The van der Waals surface area contributed by atoms with E-state index < -0.39 is 6.10 Å². The van der Waals surface area contributed by atoms with Crippen LogP contribution in [-0.2, 0) is 28.6 Å². The average molecular weight is 1160 g/mol. The zero-order chi connectivity index (χ0) is 59.9. The number of rotatable bonds is 66. The van der Waals surface area contributed by atoms with Crippen LogP contribution in [0.15, 0.2) is 85.1 Å². The first-order chi connectivity index (χ1) is 41.0. The number of carbonyl (C=O) groups excluding carboxylic acids is 3. The monoisotopic (exact) mass is 1160 g/mol. The largest absolute Gasteiger partial charge is 0.462 e. The first kappa shape index (κ1) is 79.6. The summed E-state index contributed by atoms with van der Waals surface area (Å²) >= 11 is 0. The number of unbranched alkanes of at least 4 members (excludes halogenated alkanes) is 41. The Balaban J connectivity index is 4.36. The number of hydrogen-bond acceptors (Lipinski definition) is 6. The van der Waals surface area contributed by atoms with Gasteiger partial charge < -0.3 is 14.2 Å². The van der Waals surface area contributed by atoms with Crippen LogP contribution < -0.4 is 0 Å². The first-order valence-corrected chi connectivity index (χ1v) is 36.1. The standard InChI is InChI=1S/C77H136O6/c1-4-7-10-13-16-19-22-25-28-31-33-35-37-38-40-41-43-46-49-52-55-58-61-64-67-70-76(79)82-73-74(72-81-75(78)69-66-63-60-57-54-51-48-45-30-27-24-21-18-15-12-9-6-3)83-77(80)71-68-65-62-59-56-53-50-47-44-42-39-36-34-32-29-26-23-20-17-14-11-8-5-2/h9,12,18,21-22,25,27,30-31,33,48,51,57,60,74H,4-8,10-11,13-17,19-20,23-24,26,28-29,32,34-47,49-50,52-56,58-59,61-73H2,1-3H3/b12-9-,21-18-,25-22-,30-27-,33-31-,51-48-,60-57-. The van der Waals surface area contributed by atoms with Crippen molar-refractivity contribution in [1.29, 1.82) is 0 Å². The molecule has 1 unspecified atom stereocenters. The minimum Gasteiger partial charge on any atom is -0.462 e. The van der Waals surface area contributed by atoms with Crippen LogP contribution in [0.25, 0.3) is 0 Å². The van der Waals surface area contributed by atoms with Gasteiger partial charge in [0.15, 0.2) is 6.10 Å². The van der Waals surface area contributed by atoms with Crippen molar-refractivity contribution < 1.29 is 28.6 Å². The van der Waals surface area contributed by atoms with Gasteiger partial charge in [-0.3, -0.25) is 14.4 Å². The highest BCUT2D eigenvalue weighted by Crippen LogP contribution is 2.18. The minimum atomic E-state index is -0.801. The van der Waals surface area contributed by atoms with E-state index in [9.17, 15) is 14.4 Å². The maximum atomic E-state index is 13.0. The topological polar surface area (TPSA) is 78.9 Å². The molecule has 0 aromatic rings. The van der Waals surface area contributed by atoms with E-state index in [0.717, 1.165) is 83.5 Å². The predicted molar refractivity (Wildman–Crippen MR) is 362 cm³/mol. The van der Waals surface area contributed by atoms with Gasteiger partial charge in [0.05, 0.1) is 0 Å². The van der Waals surface area contributed by atoms with Crippen molar-refractivity contribution in [2.75, 3.05) is 13.2 Å². The van der Waals surface area contributed by atoms with Crippen molar-refractivity contribution in [2.24, 2.45) is 0 Å². The summed E-state index contributed by atoms with van der Waals surface area (Å²) in [5.41, 5.74) is 0. The number of hydrogen-bond donors (Lipinski definition) is 0. The molecule has 0 aliphatic heterocycles. The van der Waals surface area contributed by atoms with Crippen molar-refractivity contribution in [2.45, 2.75) is 374 Å². The molecule has 0 N–H and O–H groups in total. The maximum absolute atomic E-state index is 13.0. The second-order valence-corrected chi connectivity index (χ2v) is 24.1. The lowest BCUT2D eigenvalue weighted by molar-refractivity contribution is -0.167. The Morgan fingerprint density at radius 1 is 0.253 bits per heavy atom. The van der Waals surface area contributed by atoms with Crippen molar-refractivity contribution >= 4 is 17.9 Å². The van der Waals surface area contributed by atoms with Crippen molar-refractivity contribution in [1.82, 2.24) is 0 Å². The Morgan fingerprint density at radius 3 is 0.783 bits per heavy atom. The molecule has 6 heteroatoms. The summed E-state index contributed by atoms with van der Waals surface area (Å²) < 4.78 is 17.0. The fraction of sp³-hybridized carbons (Fsp3) is 0.779. The lowest BCUT2D eigenvalue weighted by atomic mass is 10.0. The molecule has 0 aromatic carbocycles. The second-order valence-electron chi connectivity index (χ2n) is 24.1. The van der Waals surface area contributed by atoms with E-state index in [4.69, 9.17) is 14.2 Å². The van der Waals surface area contributed by atoms with Gasteiger partial charge in [-0.05, 0) is 89.9 Å². The van der Waals surface area contributed by atoms with Gasteiger partial charge in [0, 0.05) is 19.3 Å². The molecule has 0 amide bonds. The fourth-order valence-electron chi connectivity index (χ4n) is 10.5. The van der Waals surface area contributed by atoms with Gasteiger partial charge in [0.1, 0.15) is 13.2 Å². The Morgan fingerprint density at radius 2 is 0.482 bits per heavy atom. The minimum absolute atomic E-state index is 0.0912. The van der Waals surface area contributed by atoms with Gasteiger partial charge >= 0.3 is 17.9 Å². The molecule has 0 saturated carbocycles. The molecule has 0 aromatic heterocycles. The van der Waals surface area contributed by atoms with Crippen LogP contribution in [0.5, 0.6) is 0 Å². The van der Waals surface area contributed by atoms with Crippen LogP contribution in [0.2, 0.25) is 0 Å². The van der Waals surface area contributed by atoms with E-state index in [1.54, 1.807) is 0 Å². The Hall–Kier alpha value is -3.41. The van der Waals surface area contributed by atoms with Crippen LogP contribution in [-0.4, -0.2) is 37.2 Å². The predicted octanol–water partition coefficient (Wildman–Crippen LogP) is 25.0. The zero-order valence-electron chi connectivity index (χ0n) is 55.2.